The first kappa shape index (κ1) is 9.44. The standard InChI is InChI=1S/C10H19NO2/c1-7-8(2)13-10(6-11-7)9-4-3-5-12-9/h7-11H,3-6H2,1-2H3. The van der Waals surface area contributed by atoms with E-state index in [2.05, 4.69) is 19.2 Å². The zero-order chi connectivity index (χ0) is 9.26. The Morgan fingerprint density at radius 1 is 1.23 bits per heavy atom. The van der Waals surface area contributed by atoms with Crippen LogP contribution in [0.2, 0.25) is 0 Å². The minimum Gasteiger partial charge on any atom is -0.375 e. The Morgan fingerprint density at radius 2 is 2.08 bits per heavy atom. The van der Waals surface area contributed by atoms with Gasteiger partial charge in [-0.2, -0.15) is 0 Å². The van der Waals surface area contributed by atoms with Crippen molar-refractivity contribution in [3.8, 4) is 0 Å². The van der Waals surface area contributed by atoms with Gasteiger partial charge in [0.2, 0.25) is 0 Å². The van der Waals surface area contributed by atoms with Gasteiger partial charge in [-0.15, -0.1) is 0 Å². The first-order chi connectivity index (χ1) is 6.27. The third-order valence-electron chi connectivity index (χ3n) is 3.11. The van der Waals surface area contributed by atoms with Crippen molar-refractivity contribution in [3.05, 3.63) is 0 Å². The molecule has 0 aromatic rings. The van der Waals surface area contributed by atoms with Crippen molar-refractivity contribution in [2.75, 3.05) is 13.2 Å². The molecule has 1 N–H and O–H groups in total. The van der Waals surface area contributed by atoms with E-state index in [0.29, 0.717) is 18.2 Å². The Labute approximate surface area is 79.8 Å². The van der Waals surface area contributed by atoms with E-state index < -0.39 is 0 Å². The summed E-state index contributed by atoms with van der Waals surface area (Å²) in [6.07, 6.45) is 3.26. The van der Waals surface area contributed by atoms with Gasteiger partial charge in [0.1, 0.15) is 0 Å². The Bertz CT molecular complexity index is 168. The summed E-state index contributed by atoms with van der Waals surface area (Å²) in [5.74, 6) is 0. The van der Waals surface area contributed by atoms with Gasteiger partial charge in [-0.05, 0) is 26.7 Å². The van der Waals surface area contributed by atoms with Crippen molar-refractivity contribution in [1.82, 2.24) is 5.32 Å². The molecule has 76 valence electrons. The average molecular weight is 185 g/mol. The van der Waals surface area contributed by atoms with Crippen molar-refractivity contribution in [1.29, 1.82) is 0 Å². The molecule has 2 aliphatic rings. The molecule has 2 heterocycles. The van der Waals surface area contributed by atoms with Crippen molar-refractivity contribution in [3.63, 3.8) is 0 Å². The number of hydrogen-bond donors (Lipinski definition) is 1. The fraction of sp³-hybridized carbons (Fsp3) is 1.00. The summed E-state index contributed by atoms with van der Waals surface area (Å²) in [4.78, 5) is 0. The van der Waals surface area contributed by atoms with E-state index in [0.717, 1.165) is 19.6 Å². The molecule has 2 aliphatic heterocycles. The maximum Gasteiger partial charge on any atom is 0.0965 e. The summed E-state index contributed by atoms with van der Waals surface area (Å²) in [5.41, 5.74) is 0. The molecule has 3 heteroatoms. The maximum atomic E-state index is 5.89. The molecular weight excluding hydrogens is 166 g/mol. The van der Waals surface area contributed by atoms with Gasteiger partial charge in [0.05, 0.1) is 18.3 Å². The predicted octanol–water partition coefficient (Wildman–Crippen LogP) is 0.931. The first-order valence-electron chi connectivity index (χ1n) is 5.28. The van der Waals surface area contributed by atoms with E-state index in [9.17, 15) is 0 Å². The largest absolute Gasteiger partial charge is 0.375 e. The van der Waals surface area contributed by atoms with Gasteiger partial charge in [-0.3, -0.25) is 0 Å². The van der Waals surface area contributed by atoms with E-state index in [-0.39, 0.29) is 6.10 Å². The molecule has 0 amide bonds. The lowest BCUT2D eigenvalue weighted by Crippen LogP contribution is -2.53. The van der Waals surface area contributed by atoms with E-state index in [1.807, 2.05) is 0 Å². The second kappa shape index (κ2) is 3.95. The van der Waals surface area contributed by atoms with Crippen LogP contribution in [0.4, 0.5) is 0 Å². The van der Waals surface area contributed by atoms with E-state index in [4.69, 9.17) is 9.47 Å². The smallest absolute Gasteiger partial charge is 0.0965 e. The molecular formula is C10H19NO2. The Kier molecular flexibility index (Phi) is 2.86. The zero-order valence-electron chi connectivity index (χ0n) is 8.45. The molecule has 4 unspecified atom stereocenters. The molecule has 0 saturated carbocycles. The molecule has 3 nitrogen and oxygen atoms in total. The second-order valence-corrected chi connectivity index (χ2v) is 4.13. The van der Waals surface area contributed by atoms with Gasteiger partial charge >= 0.3 is 0 Å². The number of ether oxygens (including phenoxy) is 2. The monoisotopic (exact) mass is 185 g/mol. The van der Waals surface area contributed by atoms with Crippen molar-refractivity contribution in [2.24, 2.45) is 0 Å². The van der Waals surface area contributed by atoms with Crippen LogP contribution >= 0.6 is 0 Å². The minimum atomic E-state index is 0.272. The molecule has 13 heavy (non-hydrogen) atoms. The van der Waals surface area contributed by atoms with Crippen LogP contribution in [-0.4, -0.2) is 37.5 Å². The summed E-state index contributed by atoms with van der Waals surface area (Å²) < 4.78 is 11.5. The molecule has 0 bridgehead atoms. The summed E-state index contributed by atoms with van der Waals surface area (Å²) >= 11 is 0. The molecule has 2 fully saturated rings. The molecule has 4 atom stereocenters. The highest BCUT2D eigenvalue weighted by atomic mass is 16.6. The molecule has 0 spiro atoms. The lowest BCUT2D eigenvalue weighted by Gasteiger charge is -2.36. The molecule has 2 saturated heterocycles. The highest BCUT2D eigenvalue weighted by molar-refractivity contribution is 4.85. The number of morpholine rings is 1. The van der Waals surface area contributed by atoms with Crippen LogP contribution in [0.15, 0.2) is 0 Å². The highest BCUT2D eigenvalue weighted by Gasteiger charge is 2.32. The second-order valence-electron chi connectivity index (χ2n) is 4.13. The fourth-order valence-electron chi connectivity index (χ4n) is 2.02. The van der Waals surface area contributed by atoms with Crippen LogP contribution in [0.1, 0.15) is 26.7 Å². The Morgan fingerprint density at radius 3 is 2.69 bits per heavy atom. The minimum absolute atomic E-state index is 0.272. The van der Waals surface area contributed by atoms with Gasteiger partial charge in [-0.1, -0.05) is 0 Å². The fourth-order valence-corrected chi connectivity index (χ4v) is 2.02. The van der Waals surface area contributed by atoms with Gasteiger partial charge in [0.25, 0.3) is 0 Å². The normalized spacial score (nSPS) is 46.6. The van der Waals surface area contributed by atoms with Gasteiger partial charge in [0, 0.05) is 19.2 Å². The van der Waals surface area contributed by atoms with Crippen molar-refractivity contribution in [2.45, 2.75) is 51.0 Å². The van der Waals surface area contributed by atoms with E-state index in [1.54, 1.807) is 0 Å². The van der Waals surface area contributed by atoms with Crippen LogP contribution in [0.25, 0.3) is 0 Å². The third kappa shape index (κ3) is 2.03. The van der Waals surface area contributed by atoms with E-state index in [1.165, 1.54) is 6.42 Å². The van der Waals surface area contributed by atoms with Crippen molar-refractivity contribution >= 4 is 0 Å². The van der Waals surface area contributed by atoms with Crippen LogP contribution in [0, 0.1) is 0 Å². The topological polar surface area (TPSA) is 30.5 Å². The van der Waals surface area contributed by atoms with Crippen LogP contribution in [-0.2, 0) is 9.47 Å². The lowest BCUT2D eigenvalue weighted by atomic mass is 10.1. The summed E-state index contributed by atoms with van der Waals surface area (Å²) in [6.45, 7) is 6.14. The molecule has 0 aromatic carbocycles. The molecule has 2 rings (SSSR count). The molecule has 0 radical (unpaired) electrons. The Balaban J connectivity index is 1.87. The number of rotatable bonds is 1. The Hall–Kier alpha value is -0.120. The first-order valence-corrected chi connectivity index (χ1v) is 5.28. The summed E-state index contributed by atoms with van der Waals surface area (Å²) in [7, 11) is 0. The highest BCUT2D eigenvalue weighted by Crippen LogP contribution is 2.21. The predicted molar refractivity (Wildman–Crippen MR) is 50.8 cm³/mol. The zero-order valence-corrected chi connectivity index (χ0v) is 8.45. The SMILES string of the molecule is CC1NCC(C2CCCO2)OC1C. The van der Waals surface area contributed by atoms with Crippen LogP contribution in [0.3, 0.4) is 0 Å². The molecule has 0 aromatic heterocycles. The van der Waals surface area contributed by atoms with E-state index >= 15 is 0 Å². The van der Waals surface area contributed by atoms with Gasteiger partial charge < -0.3 is 14.8 Å². The average Bonchev–Trinajstić information content (AvgIpc) is 2.62. The third-order valence-corrected chi connectivity index (χ3v) is 3.11. The van der Waals surface area contributed by atoms with Gasteiger partial charge in [-0.25, -0.2) is 0 Å². The summed E-state index contributed by atoms with van der Waals surface area (Å²) in [6, 6.07) is 0.470. The number of hydrogen-bond acceptors (Lipinski definition) is 3. The quantitative estimate of drug-likeness (QED) is 0.659. The summed E-state index contributed by atoms with van der Waals surface area (Å²) in [5, 5.41) is 3.45. The van der Waals surface area contributed by atoms with Crippen molar-refractivity contribution < 1.29 is 9.47 Å². The lowest BCUT2D eigenvalue weighted by molar-refractivity contribution is -0.108. The van der Waals surface area contributed by atoms with Crippen LogP contribution < -0.4 is 5.32 Å². The number of nitrogens with one attached hydrogen (secondary N) is 1. The maximum absolute atomic E-state index is 5.89. The van der Waals surface area contributed by atoms with Gasteiger partial charge in [0.15, 0.2) is 0 Å². The molecule has 0 aliphatic carbocycles. The van der Waals surface area contributed by atoms with Crippen LogP contribution in [0.5, 0.6) is 0 Å².